The molecule has 0 spiro atoms. The van der Waals surface area contributed by atoms with Gasteiger partial charge in [0.05, 0.1) is 5.56 Å². The molecule has 144 valence electrons. The summed E-state index contributed by atoms with van der Waals surface area (Å²) in [5.74, 6) is -0.216. The van der Waals surface area contributed by atoms with Crippen LogP contribution in [0.25, 0.3) is 22.1 Å². The van der Waals surface area contributed by atoms with Crippen LogP contribution in [-0.4, -0.2) is 5.91 Å². The molecular formula is C25H21NO3. The minimum atomic E-state index is -0.425. The molecule has 0 aliphatic heterocycles. The van der Waals surface area contributed by atoms with E-state index in [2.05, 4.69) is 5.32 Å². The van der Waals surface area contributed by atoms with Crippen molar-refractivity contribution < 1.29 is 9.21 Å². The molecule has 0 aliphatic rings. The minimum Gasteiger partial charge on any atom is -0.422 e. The van der Waals surface area contributed by atoms with Gasteiger partial charge in [0.25, 0.3) is 5.91 Å². The third-order valence-electron chi connectivity index (χ3n) is 4.99. The quantitative estimate of drug-likeness (QED) is 0.466. The summed E-state index contributed by atoms with van der Waals surface area (Å²) in [6.45, 7) is 5.99. The lowest BCUT2D eigenvalue weighted by Crippen LogP contribution is -2.14. The fourth-order valence-electron chi connectivity index (χ4n) is 3.65. The summed E-state index contributed by atoms with van der Waals surface area (Å²) in [5.41, 5.74) is 5.68. The highest BCUT2D eigenvalue weighted by Crippen LogP contribution is 2.25. The normalized spacial score (nSPS) is 10.9. The van der Waals surface area contributed by atoms with E-state index in [1.807, 2.05) is 51.1 Å². The van der Waals surface area contributed by atoms with Crippen molar-refractivity contribution in [2.24, 2.45) is 0 Å². The highest BCUT2D eigenvalue weighted by atomic mass is 16.4. The number of amides is 1. The van der Waals surface area contributed by atoms with E-state index in [0.717, 1.165) is 27.8 Å². The van der Waals surface area contributed by atoms with Crippen LogP contribution in [0.2, 0.25) is 0 Å². The smallest absolute Gasteiger partial charge is 0.344 e. The van der Waals surface area contributed by atoms with Gasteiger partial charge in [-0.25, -0.2) is 4.79 Å². The average molecular weight is 383 g/mol. The van der Waals surface area contributed by atoms with Crippen LogP contribution in [0.15, 0.2) is 75.9 Å². The Morgan fingerprint density at radius 3 is 2.34 bits per heavy atom. The van der Waals surface area contributed by atoms with E-state index in [1.165, 1.54) is 0 Å². The predicted molar refractivity (Wildman–Crippen MR) is 117 cm³/mol. The van der Waals surface area contributed by atoms with Gasteiger partial charge in [0.15, 0.2) is 0 Å². The van der Waals surface area contributed by atoms with Crippen molar-refractivity contribution in [1.29, 1.82) is 0 Å². The minimum absolute atomic E-state index is 0.216. The summed E-state index contributed by atoms with van der Waals surface area (Å²) < 4.78 is 5.43. The lowest BCUT2D eigenvalue weighted by Gasteiger charge is -2.13. The molecule has 4 heteroatoms. The molecule has 3 aromatic carbocycles. The summed E-state index contributed by atoms with van der Waals surface area (Å²) in [6, 6.07) is 20.3. The summed E-state index contributed by atoms with van der Waals surface area (Å²) >= 11 is 0. The first-order valence-electron chi connectivity index (χ1n) is 9.45. The van der Waals surface area contributed by atoms with Gasteiger partial charge in [-0.05, 0) is 61.7 Å². The molecule has 4 nitrogen and oxygen atoms in total. The van der Waals surface area contributed by atoms with Crippen molar-refractivity contribution >= 4 is 22.6 Å². The van der Waals surface area contributed by atoms with Crippen LogP contribution < -0.4 is 10.9 Å². The topological polar surface area (TPSA) is 59.3 Å². The Morgan fingerprint density at radius 1 is 0.862 bits per heavy atom. The van der Waals surface area contributed by atoms with Crippen molar-refractivity contribution in [2.45, 2.75) is 20.8 Å². The first kappa shape index (κ1) is 18.7. The molecule has 1 aromatic heterocycles. The average Bonchev–Trinajstić information content (AvgIpc) is 2.70. The number of hydrogen-bond donors (Lipinski definition) is 1. The van der Waals surface area contributed by atoms with Crippen molar-refractivity contribution in [3.8, 4) is 11.1 Å². The van der Waals surface area contributed by atoms with Gasteiger partial charge >= 0.3 is 5.63 Å². The molecule has 0 bridgehead atoms. The third-order valence-corrected chi connectivity index (χ3v) is 4.99. The van der Waals surface area contributed by atoms with Gasteiger partial charge in [0.2, 0.25) is 0 Å². The van der Waals surface area contributed by atoms with Gasteiger partial charge in [0, 0.05) is 16.6 Å². The van der Waals surface area contributed by atoms with Crippen LogP contribution in [-0.2, 0) is 0 Å². The molecule has 4 rings (SSSR count). The predicted octanol–water partition coefficient (Wildman–Crippen LogP) is 5.64. The Kier molecular flexibility index (Phi) is 4.77. The monoisotopic (exact) mass is 383 g/mol. The Hall–Kier alpha value is -3.66. The van der Waals surface area contributed by atoms with E-state index in [9.17, 15) is 9.59 Å². The van der Waals surface area contributed by atoms with E-state index in [4.69, 9.17) is 4.42 Å². The largest absolute Gasteiger partial charge is 0.422 e. The van der Waals surface area contributed by atoms with Crippen LogP contribution in [0.3, 0.4) is 0 Å². The second-order valence-electron chi connectivity index (χ2n) is 7.29. The number of anilines is 1. The van der Waals surface area contributed by atoms with Gasteiger partial charge < -0.3 is 9.73 Å². The highest BCUT2D eigenvalue weighted by Gasteiger charge is 2.13. The molecule has 1 N–H and O–H groups in total. The Labute approximate surface area is 168 Å². The molecule has 1 heterocycles. The van der Waals surface area contributed by atoms with Crippen LogP contribution >= 0.6 is 0 Å². The van der Waals surface area contributed by atoms with E-state index in [1.54, 1.807) is 36.4 Å². The standard InChI is InChI=1S/C25H21NO3/c1-15-11-16(2)23(17(3)12-15)26-24(27)20-9-6-8-18(13-20)21-14-19-7-4-5-10-22(19)29-25(21)28/h4-14H,1-3H3,(H,26,27). The number of para-hydroxylation sites is 1. The molecule has 4 aromatic rings. The summed E-state index contributed by atoms with van der Waals surface area (Å²) in [7, 11) is 0. The number of carbonyl (C=O) groups excluding carboxylic acids is 1. The van der Waals surface area contributed by atoms with Crippen LogP contribution in [0.4, 0.5) is 5.69 Å². The highest BCUT2D eigenvalue weighted by molar-refractivity contribution is 6.05. The molecule has 1 amide bonds. The first-order valence-corrected chi connectivity index (χ1v) is 9.45. The Balaban J connectivity index is 1.70. The number of carbonyl (C=O) groups is 1. The number of aryl methyl sites for hydroxylation is 3. The van der Waals surface area contributed by atoms with Gasteiger partial charge in [-0.3, -0.25) is 4.79 Å². The van der Waals surface area contributed by atoms with Crippen molar-refractivity contribution in [3.05, 3.63) is 99.4 Å². The zero-order valence-electron chi connectivity index (χ0n) is 16.6. The van der Waals surface area contributed by atoms with Crippen molar-refractivity contribution in [3.63, 3.8) is 0 Å². The van der Waals surface area contributed by atoms with Gasteiger partial charge in [0.1, 0.15) is 5.58 Å². The van der Waals surface area contributed by atoms with E-state index < -0.39 is 5.63 Å². The summed E-state index contributed by atoms with van der Waals surface area (Å²) in [4.78, 5) is 25.3. The van der Waals surface area contributed by atoms with Crippen molar-refractivity contribution in [2.75, 3.05) is 5.32 Å². The zero-order valence-corrected chi connectivity index (χ0v) is 16.6. The zero-order chi connectivity index (χ0) is 20.5. The second-order valence-corrected chi connectivity index (χ2v) is 7.29. The molecule has 0 unspecified atom stereocenters. The maximum absolute atomic E-state index is 12.9. The molecule has 0 saturated carbocycles. The van der Waals surface area contributed by atoms with Crippen LogP contribution in [0.1, 0.15) is 27.0 Å². The number of rotatable bonds is 3. The maximum Gasteiger partial charge on any atom is 0.344 e. The molecule has 0 saturated heterocycles. The maximum atomic E-state index is 12.9. The molecule has 29 heavy (non-hydrogen) atoms. The Bertz CT molecular complexity index is 1280. The molecule has 0 radical (unpaired) electrons. The molecule has 0 fully saturated rings. The van der Waals surface area contributed by atoms with E-state index in [0.29, 0.717) is 22.3 Å². The summed E-state index contributed by atoms with van der Waals surface area (Å²) in [6.07, 6.45) is 0. The lowest BCUT2D eigenvalue weighted by molar-refractivity contribution is 0.102. The SMILES string of the molecule is Cc1cc(C)c(NC(=O)c2cccc(-c3cc4ccccc4oc3=O)c2)c(C)c1. The van der Waals surface area contributed by atoms with E-state index >= 15 is 0 Å². The second kappa shape index (κ2) is 7.40. The number of hydrogen-bond acceptors (Lipinski definition) is 3. The van der Waals surface area contributed by atoms with Crippen molar-refractivity contribution in [1.82, 2.24) is 0 Å². The summed E-state index contributed by atoms with van der Waals surface area (Å²) in [5, 5.41) is 3.84. The number of fused-ring (bicyclic) bond motifs is 1. The van der Waals surface area contributed by atoms with E-state index in [-0.39, 0.29) is 5.91 Å². The van der Waals surface area contributed by atoms with Crippen LogP contribution in [0.5, 0.6) is 0 Å². The fraction of sp³-hybridized carbons (Fsp3) is 0.120. The lowest BCUT2D eigenvalue weighted by atomic mass is 10.0. The third kappa shape index (κ3) is 3.69. The van der Waals surface area contributed by atoms with Gasteiger partial charge in [-0.2, -0.15) is 0 Å². The first-order chi connectivity index (χ1) is 13.9. The molecular weight excluding hydrogens is 362 g/mol. The van der Waals surface area contributed by atoms with Crippen LogP contribution in [0, 0.1) is 20.8 Å². The fourth-order valence-corrected chi connectivity index (χ4v) is 3.65. The number of nitrogens with one attached hydrogen (secondary N) is 1. The molecule has 0 aliphatic carbocycles. The Morgan fingerprint density at radius 2 is 1.59 bits per heavy atom. The van der Waals surface area contributed by atoms with Gasteiger partial charge in [-0.15, -0.1) is 0 Å². The van der Waals surface area contributed by atoms with Gasteiger partial charge in [-0.1, -0.05) is 48.0 Å². The molecule has 0 atom stereocenters. The number of benzene rings is 3.